The standard InChI is InChI=1S/C9H14INO2/c10-3-1-7-2-4-11-8(5-7)6-13-9(11)12/h7-8H,1-6H2. The van der Waals surface area contributed by atoms with Crippen molar-refractivity contribution in [2.24, 2.45) is 5.92 Å². The number of alkyl halides is 1. The first-order valence-corrected chi connectivity index (χ1v) is 6.33. The van der Waals surface area contributed by atoms with Crippen LogP contribution in [0.1, 0.15) is 19.3 Å². The molecule has 0 aromatic rings. The minimum atomic E-state index is -0.0991. The smallest absolute Gasteiger partial charge is 0.410 e. The van der Waals surface area contributed by atoms with Gasteiger partial charge in [0.05, 0.1) is 6.04 Å². The van der Waals surface area contributed by atoms with E-state index in [0.717, 1.165) is 25.3 Å². The maximum Gasteiger partial charge on any atom is 0.410 e. The molecule has 2 heterocycles. The van der Waals surface area contributed by atoms with Crippen molar-refractivity contribution < 1.29 is 9.53 Å². The zero-order valence-corrected chi connectivity index (χ0v) is 9.70. The summed E-state index contributed by atoms with van der Waals surface area (Å²) in [4.78, 5) is 13.1. The summed E-state index contributed by atoms with van der Waals surface area (Å²) in [6.45, 7) is 1.53. The minimum Gasteiger partial charge on any atom is -0.447 e. The lowest BCUT2D eigenvalue weighted by molar-refractivity contribution is 0.146. The van der Waals surface area contributed by atoms with Crippen molar-refractivity contribution >= 4 is 28.7 Å². The number of cyclic esters (lactones) is 1. The highest BCUT2D eigenvalue weighted by Gasteiger charge is 2.37. The van der Waals surface area contributed by atoms with E-state index in [4.69, 9.17) is 4.74 Å². The van der Waals surface area contributed by atoms with Gasteiger partial charge < -0.3 is 9.64 Å². The van der Waals surface area contributed by atoms with Crippen LogP contribution in [0.4, 0.5) is 4.79 Å². The molecule has 0 radical (unpaired) electrons. The van der Waals surface area contributed by atoms with Crippen LogP contribution >= 0.6 is 22.6 Å². The number of hydrogen-bond donors (Lipinski definition) is 0. The third kappa shape index (κ3) is 1.92. The first-order chi connectivity index (χ1) is 6.31. The number of amides is 1. The van der Waals surface area contributed by atoms with Gasteiger partial charge in [-0.1, -0.05) is 22.6 Å². The van der Waals surface area contributed by atoms with Gasteiger partial charge in [0.1, 0.15) is 6.61 Å². The summed E-state index contributed by atoms with van der Waals surface area (Å²) in [5.74, 6) is 0.813. The Labute approximate surface area is 91.9 Å². The van der Waals surface area contributed by atoms with Crippen molar-refractivity contribution in [3.05, 3.63) is 0 Å². The maximum absolute atomic E-state index is 11.2. The van der Waals surface area contributed by atoms with Gasteiger partial charge in [-0.3, -0.25) is 0 Å². The summed E-state index contributed by atoms with van der Waals surface area (Å²) in [5, 5.41) is 0. The number of rotatable bonds is 2. The first kappa shape index (κ1) is 9.55. The number of ether oxygens (including phenoxy) is 1. The molecule has 0 aromatic heterocycles. The molecular formula is C9H14INO2. The normalized spacial score (nSPS) is 33.0. The van der Waals surface area contributed by atoms with Crippen LogP contribution in [0.3, 0.4) is 0 Å². The molecule has 0 saturated carbocycles. The van der Waals surface area contributed by atoms with E-state index in [1.807, 2.05) is 4.90 Å². The van der Waals surface area contributed by atoms with Crippen LogP contribution in [0.5, 0.6) is 0 Å². The summed E-state index contributed by atoms with van der Waals surface area (Å²) < 4.78 is 6.24. The molecule has 2 rings (SSSR count). The van der Waals surface area contributed by atoms with Crippen molar-refractivity contribution in [3.63, 3.8) is 0 Å². The van der Waals surface area contributed by atoms with Gasteiger partial charge >= 0.3 is 6.09 Å². The molecule has 0 bridgehead atoms. The molecule has 1 amide bonds. The third-order valence-electron chi connectivity index (χ3n) is 2.98. The molecular weight excluding hydrogens is 281 g/mol. The van der Waals surface area contributed by atoms with E-state index >= 15 is 0 Å². The highest BCUT2D eigenvalue weighted by molar-refractivity contribution is 14.1. The summed E-state index contributed by atoms with van der Waals surface area (Å²) in [5.41, 5.74) is 0. The van der Waals surface area contributed by atoms with Crippen molar-refractivity contribution in [2.75, 3.05) is 17.6 Å². The Bertz CT molecular complexity index is 210. The lowest BCUT2D eigenvalue weighted by atomic mass is 9.90. The second-order valence-corrected chi connectivity index (χ2v) is 4.87. The van der Waals surface area contributed by atoms with Crippen LogP contribution in [0, 0.1) is 5.92 Å². The van der Waals surface area contributed by atoms with E-state index < -0.39 is 0 Å². The van der Waals surface area contributed by atoms with Crippen LogP contribution in [0.25, 0.3) is 0 Å². The van der Waals surface area contributed by atoms with Crippen molar-refractivity contribution in [1.82, 2.24) is 4.90 Å². The molecule has 74 valence electrons. The Morgan fingerprint density at radius 3 is 3.23 bits per heavy atom. The second-order valence-electron chi connectivity index (χ2n) is 3.79. The number of piperidine rings is 1. The Hall–Kier alpha value is -0.0000000000000000555. The van der Waals surface area contributed by atoms with Gasteiger partial charge in [-0.2, -0.15) is 0 Å². The van der Waals surface area contributed by atoms with Crippen LogP contribution in [-0.2, 0) is 4.74 Å². The molecule has 3 nitrogen and oxygen atoms in total. The van der Waals surface area contributed by atoms with E-state index in [0.29, 0.717) is 12.6 Å². The zero-order chi connectivity index (χ0) is 9.26. The number of carbonyl (C=O) groups excluding carboxylic acids is 1. The zero-order valence-electron chi connectivity index (χ0n) is 7.54. The SMILES string of the molecule is O=C1OCC2CC(CCI)CCN12. The molecule has 2 saturated heterocycles. The van der Waals surface area contributed by atoms with Gasteiger partial charge in [0.25, 0.3) is 0 Å². The van der Waals surface area contributed by atoms with Crippen molar-refractivity contribution in [2.45, 2.75) is 25.3 Å². The Morgan fingerprint density at radius 1 is 1.62 bits per heavy atom. The topological polar surface area (TPSA) is 29.5 Å². The fourth-order valence-electron chi connectivity index (χ4n) is 2.20. The average molecular weight is 295 g/mol. The van der Waals surface area contributed by atoms with Gasteiger partial charge in [0.2, 0.25) is 0 Å². The number of fused-ring (bicyclic) bond motifs is 1. The predicted molar refractivity (Wildman–Crippen MR) is 58.1 cm³/mol. The van der Waals surface area contributed by atoms with Crippen LogP contribution in [0.15, 0.2) is 0 Å². The van der Waals surface area contributed by atoms with Gasteiger partial charge in [0, 0.05) is 6.54 Å². The Kier molecular flexibility index (Phi) is 2.96. The lowest BCUT2D eigenvalue weighted by Gasteiger charge is -2.32. The molecule has 4 heteroatoms. The maximum atomic E-state index is 11.2. The monoisotopic (exact) mass is 295 g/mol. The molecule has 2 aliphatic rings. The van der Waals surface area contributed by atoms with E-state index in [1.54, 1.807) is 0 Å². The molecule has 13 heavy (non-hydrogen) atoms. The fourth-order valence-corrected chi connectivity index (χ4v) is 3.08. The van der Waals surface area contributed by atoms with Gasteiger partial charge in [-0.25, -0.2) is 4.79 Å². The summed E-state index contributed by atoms with van der Waals surface area (Å²) >= 11 is 2.42. The summed E-state index contributed by atoms with van der Waals surface area (Å²) in [7, 11) is 0. The molecule has 2 fully saturated rings. The van der Waals surface area contributed by atoms with Crippen molar-refractivity contribution in [3.8, 4) is 0 Å². The second kappa shape index (κ2) is 4.02. The first-order valence-electron chi connectivity index (χ1n) is 4.80. The Morgan fingerprint density at radius 2 is 2.46 bits per heavy atom. The fraction of sp³-hybridized carbons (Fsp3) is 0.889. The third-order valence-corrected chi connectivity index (χ3v) is 3.60. The van der Waals surface area contributed by atoms with Crippen LogP contribution < -0.4 is 0 Å². The molecule has 0 aromatic carbocycles. The largest absolute Gasteiger partial charge is 0.447 e. The quantitative estimate of drug-likeness (QED) is 0.576. The summed E-state index contributed by atoms with van der Waals surface area (Å²) in [6.07, 6.45) is 3.50. The Balaban J connectivity index is 1.91. The number of halogens is 1. The van der Waals surface area contributed by atoms with E-state index in [1.165, 1.54) is 10.8 Å². The summed E-state index contributed by atoms with van der Waals surface area (Å²) in [6, 6.07) is 0.384. The van der Waals surface area contributed by atoms with Gasteiger partial charge in [-0.15, -0.1) is 0 Å². The van der Waals surface area contributed by atoms with Gasteiger partial charge in [-0.05, 0) is 29.6 Å². The predicted octanol–water partition coefficient (Wildman–Crippen LogP) is 2.04. The van der Waals surface area contributed by atoms with E-state index in [9.17, 15) is 4.79 Å². The van der Waals surface area contributed by atoms with E-state index in [2.05, 4.69) is 22.6 Å². The number of carbonyl (C=O) groups is 1. The van der Waals surface area contributed by atoms with Gasteiger partial charge in [0.15, 0.2) is 0 Å². The van der Waals surface area contributed by atoms with E-state index in [-0.39, 0.29) is 6.09 Å². The molecule has 0 spiro atoms. The molecule has 2 aliphatic heterocycles. The molecule has 0 N–H and O–H groups in total. The molecule has 2 atom stereocenters. The average Bonchev–Trinajstić information content (AvgIpc) is 2.48. The molecule has 0 aliphatic carbocycles. The van der Waals surface area contributed by atoms with Crippen molar-refractivity contribution in [1.29, 1.82) is 0 Å². The molecule has 2 unspecified atom stereocenters. The minimum absolute atomic E-state index is 0.0991. The number of hydrogen-bond acceptors (Lipinski definition) is 2. The highest BCUT2D eigenvalue weighted by Crippen LogP contribution is 2.29. The van der Waals surface area contributed by atoms with Crippen LogP contribution in [-0.4, -0.2) is 34.6 Å². The number of nitrogens with zero attached hydrogens (tertiary/aromatic N) is 1. The van der Waals surface area contributed by atoms with Crippen LogP contribution in [0.2, 0.25) is 0 Å². The highest BCUT2D eigenvalue weighted by atomic mass is 127. The lowest BCUT2D eigenvalue weighted by Crippen LogP contribution is -2.40.